The molecule has 4 heteroatoms. The number of hydrogen-bond donors (Lipinski definition) is 0. The highest BCUT2D eigenvalue weighted by Crippen LogP contribution is 2.39. The predicted octanol–water partition coefficient (Wildman–Crippen LogP) is 3.60. The summed E-state index contributed by atoms with van der Waals surface area (Å²) in [5.74, 6) is 0.185. The number of urea groups is 1. The van der Waals surface area contributed by atoms with Crippen LogP contribution in [0, 0.1) is 5.92 Å². The Morgan fingerprint density at radius 2 is 1.76 bits per heavy atom. The molecule has 0 aliphatic carbocycles. The number of hydrogen-bond acceptors (Lipinski definition) is 2. The van der Waals surface area contributed by atoms with E-state index in [1.54, 1.807) is 17.1 Å². The molecule has 1 atom stereocenters. The van der Waals surface area contributed by atoms with E-state index in [1.165, 1.54) is 4.90 Å². The van der Waals surface area contributed by atoms with E-state index in [4.69, 9.17) is 0 Å². The third-order valence-corrected chi connectivity index (χ3v) is 3.75. The fourth-order valence-corrected chi connectivity index (χ4v) is 3.08. The standard InChI is InChI=1S/C17H28N2O2/c1-8-10-17(12-13(3)4)14(20)19(16(5,6)7)15(21)18(17)11-9-2/h8-9,13H,1-2,10-12H2,3-7H3. The minimum absolute atomic E-state index is 0.115. The Kier molecular flexibility index (Phi) is 5.03. The van der Waals surface area contributed by atoms with E-state index in [1.807, 2.05) is 20.8 Å². The van der Waals surface area contributed by atoms with Gasteiger partial charge in [0.1, 0.15) is 5.54 Å². The number of amides is 3. The van der Waals surface area contributed by atoms with Gasteiger partial charge in [0.2, 0.25) is 0 Å². The third-order valence-electron chi connectivity index (χ3n) is 3.75. The SMILES string of the molecule is C=CCN1C(=O)N(C(C)(C)C)C(=O)C1(CC=C)CC(C)C. The third kappa shape index (κ3) is 3.04. The van der Waals surface area contributed by atoms with E-state index < -0.39 is 11.1 Å². The largest absolute Gasteiger partial charge is 0.328 e. The Morgan fingerprint density at radius 1 is 1.19 bits per heavy atom. The number of rotatable bonds is 6. The van der Waals surface area contributed by atoms with Crippen LogP contribution in [0.5, 0.6) is 0 Å². The number of carbonyl (C=O) groups excluding carboxylic acids is 2. The number of nitrogens with zero attached hydrogens (tertiary/aromatic N) is 2. The van der Waals surface area contributed by atoms with Crippen molar-refractivity contribution in [2.45, 2.75) is 58.5 Å². The summed E-state index contributed by atoms with van der Waals surface area (Å²) >= 11 is 0. The lowest BCUT2D eigenvalue weighted by atomic mass is 9.83. The van der Waals surface area contributed by atoms with Gasteiger partial charge in [-0.25, -0.2) is 4.79 Å². The van der Waals surface area contributed by atoms with Crippen LogP contribution in [0.25, 0.3) is 0 Å². The predicted molar refractivity (Wildman–Crippen MR) is 85.9 cm³/mol. The zero-order valence-corrected chi connectivity index (χ0v) is 14.0. The van der Waals surface area contributed by atoms with Crippen LogP contribution in [0.15, 0.2) is 25.3 Å². The summed E-state index contributed by atoms with van der Waals surface area (Å²) in [6.07, 6.45) is 4.51. The van der Waals surface area contributed by atoms with Gasteiger partial charge in [-0.3, -0.25) is 9.69 Å². The minimum atomic E-state index is -0.825. The van der Waals surface area contributed by atoms with Crippen molar-refractivity contribution in [2.75, 3.05) is 6.54 Å². The van der Waals surface area contributed by atoms with Gasteiger partial charge in [0.05, 0.1) is 0 Å². The molecule has 1 heterocycles. The molecular formula is C17H28N2O2. The molecule has 118 valence electrons. The maximum absolute atomic E-state index is 13.1. The highest BCUT2D eigenvalue weighted by atomic mass is 16.2. The van der Waals surface area contributed by atoms with Gasteiger partial charge in [-0.1, -0.05) is 26.0 Å². The number of carbonyl (C=O) groups is 2. The van der Waals surface area contributed by atoms with E-state index in [2.05, 4.69) is 27.0 Å². The molecule has 1 saturated heterocycles. The van der Waals surface area contributed by atoms with Gasteiger partial charge in [0.25, 0.3) is 5.91 Å². The zero-order chi connectivity index (χ0) is 16.4. The Morgan fingerprint density at radius 3 is 2.14 bits per heavy atom. The average molecular weight is 292 g/mol. The van der Waals surface area contributed by atoms with Crippen LogP contribution < -0.4 is 0 Å². The molecule has 0 bridgehead atoms. The van der Waals surface area contributed by atoms with Crippen molar-refractivity contribution in [1.29, 1.82) is 0 Å². The van der Waals surface area contributed by atoms with E-state index >= 15 is 0 Å². The van der Waals surface area contributed by atoms with Crippen LogP contribution >= 0.6 is 0 Å². The van der Waals surface area contributed by atoms with Gasteiger partial charge in [-0.2, -0.15) is 0 Å². The fourth-order valence-electron chi connectivity index (χ4n) is 3.08. The van der Waals surface area contributed by atoms with E-state index in [9.17, 15) is 9.59 Å². The van der Waals surface area contributed by atoms with E-state index in [0.717, 1.165) is 0 Å². The second-order valence-corrected chi connectivity index (χ2v) is 7.12. The molecule has 1 rings (SSSR count). The molecule has 0 spiro atoms. The maximum atomic E-state index is 13.1. The van der Waals surface area contributed by atoms with Crippen LogP contribution in [0.2, 0.25) is 0 Å². The second-order valence-electron chi connectivity index (χ2n) is 7.12. The van der Waals surface area contributed by atoms with E-state index in [-0.39, 0.29) is 11.9 Å². The van der Waals surface area contributed by atoms with Crippen molar-refractivity contribution in [2.24, 2.45) is 5.92 Å². The summed E-state index contributed by atoms with van der Waals surface area (Å²) in [7, 11) is 0. The molecule has 0 aromatic rings. The quantitative estimate of drug-likeness (QED) is 0.554. The van der Waals surface area contributed by atoms with Crippen LogP contribution in [-0.2, 0) is 4.79 Å². The van der Waals surface area contributed by atoms with Gasteiger partial charge in [0.15, 0.2) is 0 Å². The Hall–Kier alpha value is -1.58. The number of imide groups is 1. The summed E-state index contributed by atoms with van der Waals surface area (Å²) in [5, 5.41) is 0. The maximum Gasteiger partial charge on any atom is 0.328 e. The molecule has 1 aliphatic rings. The topological polar surface area (TPSA) is 40.6 Å². The normalized spacial score (nSPS) is 23.1. The molecule has 1 aliphatic heterocycles. The van der Waals surface area contributed by atoms with Crippen LogP contribution in [0.4, 0.5) is 4.79 Å². The molecule has 0 aromatic heterocycles. The summed E-state index contributed by atoms with van der Waals surface area (Å²) < 4.78 is 0. The average Bonchev–Trinajstić information content (AvgIpc) is 2.50. The zero-order valence-electron chi connectivity index (χ0n) is 14.0. The van der Waals surface area contributed by atoms with Crippen molar-refractivity contribution >= 4 is 11.9 Å². The Bertz CT molecular complexity index is 448. The first-order valence-corrected chi connectivity index (χ1v) is 7.50. The van der Waals surface area contributed by atoms with Crippen molar-refractivity contribution in [3.8, 4) is 0 Å². The first-order valence-electron chi connectivity index (χ1n) is 7.50. The summed E-state index contributed by atoms with van der Waals surface area (Å²) in [6.45, 7) is 17.7. The van der Waals surface area contributed by atoms with Gasteiger partial charge >= 0.3 is 6.03 Å². The molecule has 1 unspecified atom stereocenters. The molecule has 4 nitrogen and oxygen atoms in total. The van der Waals surface area contributed by atoms with Gasteiger partial charge in [-0.15, -0.1) is 13.2 Å². The minimum Gasteiger partial charge on any atom is -0.305 e. The smallest absolute Gasteiger partial charge is 0.305 e. The first kappa shape index (κ1) is 17.5. The van der Waals surface area contributed by atoms with Gasteiger partial charge < -0.3 is 4.90 Å². The Balaban J connectivity index is 3.41. The highest BCUT2D eigenvalue weighted by Gasteiger charge is 2.58. The van der Waals surface area contributed by atoms with Crippen LogP contribution in [-0.4, -0.2) is 39.4 Å². The monoisotopic (exact) mass is 292 g/mol. The molecule has 3 amide bonds. The summed E-state index contributed by atoms with van der Waals surface area (Å²) in [4.78, 5) is 28.9. The van der Waals surface area contributed by atoms with Gasteiger partial charge in [0, 0.05) is 12.1 Å². The van der Waals surface area contributed by atoms with Crippen molar-refractivity contribution in [3.63, 3.8) is 0 Å². The van der Waals surface area contributed by atoms with Crippen molar-refractivity contribution in [3.05, 3.63) is 25.3 Å². The lowest BCUT2D eigenvalue weighted by Gasteiger charge is -2.35. The molecular weight excluding hydrogens is 264 g/mol. The molecule has 0 N–H and O–H groups in total. The van der Waals surface area contributed by atoms with Crippen LogP contribution in [0.1, 0.15) is 47.5 Å². The lowest BCUT2D eigenvalue weighted by molar-refractivity contribution is -0.136. The van der Waals surface area contributed by atoms with Crippen LogP contribution in [0.3, 0.4) is 0 Å². The first-order chi connectivity index (χ1) is 9.61. The molecule has 1 fully saturated rings. The molecule has 0 radical (unpaired) electrons. The van der Waals surface area contributed by atoms with Crippen molar-refractivity contribution in [1.82, 2.24) is 9.80 Å². The van der Waals surface area contributed by atoms with E-state index in [0.29, 0.717) is 25.3 Å². The second kappa shape index (κ2) is 6.04. The molecule has 0 saturated carbocycles. The lowest BCUT2D eigenvalue weighted by Crippen LogP contribution is -2.51. The summed E-state index contributed by atoms with van der Waals surface area (Å²) in [5.41, 5.74) is -1.36. The fraction of sp³-hybridized carbons (Fsp3) is 0.647. The summed E-state index contributed by atoms with van der Waals surface area (Å²) in [6, 6.07) is -0.227. The Labute approximate surface area is 128 Å². The molecule has 0 aromatic carbocycles. The van der Waals surface area contributed by atoms with Crippen molar-refractivity contribution < 1.29 is 9.59 Å². The highest BCUT2D eigenvalue weighted by molar-refractivity contribution is 6.07. The van der Waals surface area contributed by atoms with Gasteiger partial charge in [-0.05, 0) is 39.5 Å². The molecule has 21 heavy (non-hydrogen) atoms.